The van der Waals surface area contributed by atoms with Crippen LogP contribution in [0.5, 0.6) is 5.75 Å². The number of esters is 2. The van der Waals surface area contributed by atoms with Crippen molar-refractivity contribution in [1.29, 1.82) is 0 Å². The van der Waals surface area contributed by atoms with Gasteiger partial charge >= 0.3 is 11.9 Å². The highest BCUT2D eigenvalue weighted by Crippen LogP contribution is 2.27. The zero-order chi connectivity index (χ0) is 21.4. The van der Waals surface area contributed by atoms with Gasteiger partial charge in [0.1, 0.15) is 5.75 Å². The number of hydrogen-bond acceptors (Lipinski definition) is 7. The fraction of sp³-hybridized carbons (Fsp3) is 0.158. The minimum Gasteiger partial charge on any atom is -0.466 e. The zero-order valence-electron chi connectivity index (χ0n) is 15.7. The molecule has 9 nitrogen and oxygen atoms in total. The molecule has 0 aliphatic heterocycles. The second-order valence-electron chi connectivity index (χ2n) is 5.64. The highest BCUT2D eigenvalue weighted by atomic mass is 35.5. The van der Waals surface area contributed by atoms with Crippen molar-refractivity contribution < 1.29 is 23.9 Å². The Morgan fingerprint density at radius 3 is 2.34 bits per heavy atom. The van der Waals surface area contributed by atoms with Gasteiger partial charge in [0.15, 0.2) is 5.96 Å². The molecule has 0 saturated carbocycles. The number of nitrogens with two attached hydrogens (primary N) is 2. The molecule has 0 fully saturated rings. The molecule has 0 amide bonds. The fourth-order valence-electron chi connectivity index (χ4n) is 2.08. The highest BCUT2D eigenvalue weighted by molar-refractivity contribution is 6.32. The van der Waals surface area contributed by atoms with Crippen LogP contribution < -0.4 is 16.2 Å². The van der Waals surface area contributed by atoms with Crippen molar-refractivity contribution >= 4 is 40.9 Å². The molecule has 4 N–H and O–H groups in total. The molecule has 0 heterocycles. The maximum absolute atomic E-state index is 12.4. The van der Waals surface area contributed by atoms with Crippen molar-refractivity contribution in [3.63, 3.8) is 0 Å². The largest absolute Gasteiger partial charge is 0.466 e. The average Bonchev–Trinajstić information content (AvgIpc) is 2.69. The number of nitrogens with zero attached hydrogens (tertiary/aromatic N) is 2. The number of guanidine groups is 1. The molecule has 29 heavy (non-hydrogen) atoms. The zero-order valence-corrected chi connectivity index (χ0v) is 16.5. The van der Waals surface area contributed by atoms with E-state index < -0.39 is 11.9 Å². The van der Waals surface area contributed by atoms with Gasteiger partial charge in [0, 0.05) is 5.56 Å². The molecule has 0 spiro atoms. The van der Waals surface area contributed by atoms with Crippen molar-refractivity contribution in [1.82, 2.24) is 0 Å². The normalized spacial score (nSPS) is 10.8. The summed E-state index contributed by atoms with van der Waals surface area (Å²) in [6, 6.07) is 11.0. The van der Waals surface area contributed by atoms with E-state index in [4.69, 9.17) is 32.6 Å². The van der Waals surface area contributed by atoms with Crippen LogP contribution in [0.3, 0.4) is 0 Å². The minimum atomic E-state index is -0.614. The molecule has 0 radical (unpaired) electrons. The van der Waals surface area contributed by atoms with Gasteiger partial charge in [-0.2, -0.15) is 0 Å². The molecule has 2 rings (SSSR count). The summed E-state index contributed by atoms with van der Waals surface area (Å²) in [7, 11) is 1.25. The minimum absolute atomic E-state index is 0.0866. The van der Waals surface area contributed by atoms with Crippen LogP contribution in [0.4, 0.5) is 5.69 Å². The number of benzene rings is 2. The smallest absolute Gasteiger partial charge is 0.346 e. The first-order chi connectivity index (χ1) is 13.8. The van der Waals surface area contributed by atoms with E-state index in [0.717, 1.165) is 0 Å². The quantitative estimate of drug-likeness (QED) is 0.231. The van der Waals surface area contributed by atoms with Crippen LogP contribution in [0.15, 0.2) is 52.6 Å². The molecule has 0 aliphatic rings. The second kappa shape index (κ2) is 10.1. The molecule has 0 atom stereocenters. The van der Waals surface area contributed by atoms with Gasteiger partial charge in [-0.1, -0.05) is 22.8 Å². The number of ether oxygens (including phenoxy) is 2. The van der Waals surface area contributed by atoms with E-state index in [0.29, 0.717) is 17.0 Å². The molecule has 0 bridgehead atoms. The molecule has 152 valence electrons. The van der Waals surface area contributed by atoms with Crippen LogP contribution in [0, 0.1) is 0 Å². The van der Waals surface area contributed by atoms with Gasteiger partial charge in [0.25, 0.3) is 0 Å². The van der Waals surface area contributed by atoms with Gasteiger partial charge in [-0.15, -0.1) is 0 Å². The Morgan fingerprint density at radius 1 is 1.07 bits per heavy atom. The SMILES string of the molecule is COC(=O)CO/N=C(/C)c1ccc(Cl)c(OC(=O)c2ccc(N=C(N)N)cc2)c1. The first-order valence-electron chi connectivity index (χ1n) is 8.25. The number of halogens is 1. The summed E-state index contributed by atoms with van der Waals surface area (Å²) in [5, 5.41) is 4.06. The topological polar surface area (TPSA) is 139 Å². The van der Waals surface area contributed by atoms with Crippen LogP contribution >= 0.6 is 11.6 Å². The van der Waals surface area contributed by atoms with Crippen LogP contribution in [0.2, 0.25) is 5.02 Å². The lowest BCUT2D eigenvalue weighted by molar-refractivity contribution is -0.145. The summed E-state index contributed by atoms with van der Waals surface area (Å²) < 4.78 is 9.83. The molecule has 2 aromatic rings. The van der Waals surface area contributed by atoms with Crippen molar-refractivity contribution in [3.05, 3.63) is 58.6 Å². The van der Waals surface area contributed by atoms with E-state index >= 15 is 0 Å². The lowest BCUT2D eigenvalue weighted by atomic mass is 10.1. The van der Waals surface area contributed by atoms with Crippen molar-refractivity contribution in [3.8, 4) is 5.75 Å². The third-order valence-electron chi connectivity index (χ3n) is 3.52. The third kappa shape index (κ3) is 6.51. The molecule has 2 aromatic carbocycles. The van der Waals surface area contributed by atoms with Crippen LogP contribution in [0.25, 0.3) is 0 Å². The molecule has 0 saturated heterocycles. The standard InChI is InChI=1S/C19H19ClN4O5/c1-11(24-28-10-17(25)27-2)13-5-8-15(20)16(9-13)29-18(26)12-3-6-14(7-4-12)23-19(21)22/h3-9H,10H2,1-2H3,(H4,21,22,23)/b24-11-. The third-order valence-corrected chi connectivity index (χ3v) is 3.84. The molecule has 0 aliphatic carbocycles. The van der Waals surface area contributed by atoms with Gasteiger partial charge in [-0.25, -0.2) is 14.6 Å². The van der Waals surface area contributed by atoms with E-state index in [1.54, 1.807) is 31.2 Å². The van der Waals surface area contributed by atoms with Crippen molar-refractivity contribution in [2.45, 2.75) is 6.92 Å². The lowest BCUT2D eigenvalue weighted by Crippen LogP contribution is -2.21. The maximum Gasteiger partial charge on any atom is 0.346 e. The average molecular weight is 419 g/mol. The predicted octanol–water partition coefficient (Wildman–Crippen LogP) is 2.38. The van der Waals surface area contributed by atoms with E-state index in [2.05, 4.69) is 14.9 Å². The lowest BCUT2D eigenvalue weighted by Gasteiger charge is -2.09. The van der Waals surface area contributed by atoms with Crippen molar-refractivity contribution in [2.75, 3.05) is 13.7 Å². The Kier molecular flexibility index (Phi) is 7.55. The summed E-state index contributed by atoms with van der Waals surface area (Å²) in [6.07, 6.45) is 0. The molecular formula is C19H19ClN4O5. The maximum atomic E-state index is 12.4. The summed E-state index contributed by atoms with van der Waals surface area (Å²) in [6.45, 7) is 1.34. The summed E-state index contributed by atoms with van der Waals surface area (Å²) in [5.41, 5.74) is 12.4. The number of aliphatic imine (C=N–C) groups is 1. The van der Waals surface area contributed by atoms with Gasteiger partial charge in [-0.3, -0.25) is 0 Å². The number of rotatable bonds is 7. The number of hydrogen-bond donors (Lipinski definition) is 2. The summed E-state index contributed by atoms with van der Waals surface area (Å²) in [5.74, 6) is -1.11. The molecular weight excluding hydrogens is 400 g/mol. The van der Waals surface area contributed by atoms with E-state index in [1.807, 2.05) is 0 Å². The fourth-order valence-corrected chi connectivity index (χ4v) is 2.24. The van der Waals surface area contributed by atoms with Gasteiger partial charge < -0.3 is 25.8 Å². The second-order valence-corrected chi connectivity index (χ2v) is 6.05. The number of oxime groups is 1. The van der Waals surface area contributed by atoms with E-state index in [-0.39, 0.29) is 28.9 Å². The van der Waals surface area contributed by atoms with E-state index in [9.17, 15) is 9.59 Å². The first-order valence-corrected chi connectivity index (χ1v) is 8.63. The highest BCUT2D eigenvalue weighted by Gasteiger charge is 2.13. The van der Waals surface area contributed by atoms with Crippen LogP contribution in [-0.2, 0) is 14.4 Å². The molecule has 10 heteroatoms. The number of methoxy groups -OCH3 is 1. The number of carbonyl (C=O) groups excluding carboxylic acids is 2. The van der Waals surface area contributed by atoms with Gasteiger partial charge in [0.05, 0.1) is 29.1 Å². The Morgan fingerprint density at radius 2 is 1.72 bits per heavy atom. The summed E-state index contributed by atoms with van der Waals surface area (Å²) in [4.78, 5) is 32.2. The predicted molar refractivity (Wildman–Crippen MR) is 109 cm³/mol. The van der Waals surface area contributed by atoms with Gasteiger partial charge in [0.2, 0.25) is 6.61 Å². The van der Waals surface area contributed by atoms with E-state index in [1.165, 1.54) is 25.3 Å². The van der Waals surface area contributed by atoms with Crippen LogP contribution in [-0.4, -0.2) is 37.3 Å². The summed E-state index contributed by atoms with van der Waals surface area (Å²) >= 11 is 6.12. The monoisotopic (exact) mass is 418 g/mol. The van der Waals surface area contributed by atoms with Crippen LogP contribution in [0.1, 0.15) is 22.8 Å². The molecule has 0 unspecified atom stereocenters. The molecule has 0 aromatic heterocycles. The van der Waals surface area contributed by atoms with Gasteiger partial charge in [-0.05, 0) is 43.3 Å². The first kappa shape index (κ1) is 21.7. The van der Waals surface area contributed by atoms with Crippen molar-refractivity contribution in [2.24, 2.45) is 21.6 Å². The Bertz CT molecular complexity index is 954. The Hall–Kier alpha value is -3.59. The number of carbonyl (C=O) groups is 2. The Balaban J connectivity index is 2.13. The Labute approximate surface area is 171 Å².